The SMILES string of the molecule is CCN(c1ccc(CN)c(F)c1)c1ccccc1F. The van der Waals surface area contributed by atoms with Crippen molar-refractivity contribution in [1.29, 1.82) is 0 Å². The lowest BCUT2D eigenvalue weighted by Gasteiger charge is -2.24. The molecule has 0 aliphatic rings. The second-order valence-corrected chi connectivity index (χ2v) is 4.18. The van der Waals surface area contributed by atoms with E-state index in [-0.39, 0.29) is 18.2 Å². The highest BCUT2D eigenvalue weighted by Gasteiger charge is 2.13. The van der Waals surface area contributed by atoms with E-state index in [1.54, 1.807) is 35.2 Å². The minimum atomic E-state index is -0.366. The normalized spacial score (nSPS) is 10.5. The van der Waals surface area contributed by atoms with Crippen LogP contribution in [0.4, 0.5) is 20.2 Å². The van der Waals surface area contributed by atoms with Crippen molar-refractivity contribution < 1.29 is 8.78 Å². The Hall–Kier alpha value is -1.94. The quantitative estimate of drug-likeness (QED) is 0.912. The first-order chi connectivity index (χ1) is 9.17. The first kappa shape index (κ1) is 13.5. The molecule has 4 heteroatoms. The molecule has 2 aromatic rings. The van der Waals surface area contributed by atoms with E-state index in [4.69, 9.17) is 5.73 Å². The highest BCUT2D eigenvalue weighted by atomic mass is 19.1. The van der Waals surface area contributed by atoms with Gasteiger partial charge in [-0.25, -0.2) is 8.78 Å². The predicted molar refractivity (Wildman–Crippen MR) is 73.4 cm³/mol. The van der Waals surface area contributed by atoms with Gasteiger partial charge in [-0.05, 0) is 31.2 Å². The molecule has 2 N–H and O–H groups in total. The summed E-state index contributed by atoms with van der Waals surface area (Å²) in [6, 6.07) is 11.2. The minimum Gasteiger partial charge on any atom is -0.339 e. The Balaban J connectivity index is 2.43. The first-order valence-electron chi connectivity index (χ1n) is 6.18. The molecule has 0 atom stereocenters. The molecule has 0 aromatic heterocycles. The summed E-state index contributed by atoms with van der Waals surface area (Å²) in [4.78, 5) is 1.72. The summed E-state index contributed by atoms with van der Waals surface area (Å²) in [6.07, 6.45) is 0. The third kappa shape index (κ3) is 2.74. The third-order valence-electron chi connectivity index (χ3n) is 3.03. The standard InChI is InChI=1S/C15H16F2N2/c1-2-19(15-6-4-3-5-13(15)16)12-8-7-11(10-18)14(17)9-12/h3-9H,2,10,18H2,1H3. The molecule has 2 nitrogen and oxygen atoms in total. The van der Waals surface area contributed by atoms with Crippen LogP contribution in [0.3, 0.4) is 0 Å². The molecule has 2 aromatic carbocycles. The number of benzene rings is 2. The van der Waals surface area contributed by atoms with Crippen LogP contribution >= 0.6 is 0 Å². The van der Waals surface area contributed by atoms with Crippen LogP contribution in [0.15, 0.2) is 42.5 Å². The van der Waals surface area contributed by atoms with Gasteiger partial charge in [0.25, 0.3) is 0 Å². The third-order valence-corrected chi connectivity index (χ3v) is 3.03. The van der Waals surface area contributed by atoms with Crippen LogP contribution in [0, 0.1) is 11.6 Å². The first-order valence-corrected chi connectivity index (χ1v) is 6.18. The van der Waals surface area contributed by atoms with E-state index in [9.17, 15) is 8.78 Å². The van der Waals surface area contributed by atoms with E-state index in [1.807, 2.05) is 6.92 Å². The Morgan fingerprint density at radius 1 is 1.05 bits per heavy atom. The topological polar surface area (TPSA) is 29.3 Å². The van der Waals surface area contributed by atoms with Crippen molar-refractivity contribution in [3.63, 3.8) is 0 Å². The Morgan fingerprint density at radius 3 is 2.37 bits per heavy atom. The van der Waals surface area contributed by atoms with Crippen LogP contribution in [0.1, 0.15) is 12.5 Å². The fourth-order valence-corrected chi connectivity index (χ4v) is 2.03. The highest BCUT2D eigenvalue weighted by molar-refractivity contribution is 5.64. The fraction of sp³-hybridized carbons (Fsp3) is 0.200. The van der Waals surface area contributed by atoms with Gasteiger partial charge in [-0.1, -0.05) is 18.2 Å². The van der Waals surface area contributed by atoms with Gasteiger partial charge in [0.05, 0.1) is 5.69 Å². The number of rotatable bonds is 4. The molecule has 0 unspecified atom stereocenters. The van der Waals surface area contributed by atoms with Crippen molar-refractivity contribution in [3.05, 3.63) is 59.7 Å². The smallest absolute Gasteiger partial charge is 0.146 e. The minimum absolute atomic E-state index is 0.151. The molecule has 0 bridgehead atoms. The van der Waals surface area contributed by atoms with E-state index in [0.29, 0.717) is 23.5 Å². The molecule has 0 amide bonds. The van der Waals surface area contributed by atoms with Crippen molar-refractivity contribution in [3.8, 4) is 0 Å². The molecule has 2 rings (SSSR count). The number of para-hydroxylation sites is 1. The summed E-state index contributed by atoms with van der Waals surface area (Å²) in [7, 11) is 0. The predicted octanol–water partition coefficient (Wildman–Crippen LogP) is 3.58. The maximum absolute atomic E-state index is 13.8. The monoisotopic (exact) mass is 262 g/mol. The largest absolute Gasteiger partial charge is 0.339 e. The average Bonchev–Trinajstić information content (AvgIpc) is 2.42. The van der Waals surface area contributed by atoms with E-state index in [1.165, 1.54) is 12.1 Å². The maximum Gasteiger partial charge on any atom is 0.146 e. The van der Waals surface area contributed by atoms with Crippen LogP contribution in [0.5, 0.6) is 0 Å². The Morgan fingerprint density at radius 2 is 1.79 bits per heavy atom. The summed E-state index contributed by atoms with van der Waals surface area (Å²) < 4.78 is 27.6. The lowest BCUT2D eigenvalue weighted by molar-refractivity contribution is 0.609. The molecule has 0 radical (unpaired) electrons. The summed E-state index contributed by atoms with van der Waals surface area (Å²) >= 11 is 0. The number of nitrogens with two attached hydrogens (primary N) is 1. The van der Waals surface area contributed by atoms with E-state index < -0.39 is 0 Å². The summed E-state index contributed by atoms with van der Waals surface area (Å²) in [5, 5.41) is 0. The van der Waals surface area contributed by atoms with E-state index >= 15 is 0 Å². The number of anilines is 2. The molecular weight excluding hydrogens is 246 g/mol. The van der Waals surface area contributed by atoms with Crippen LogP contribution in [-0.2, 0) is 6.54 Å². The van der Waals surface area contributed by atoms with Crippen molar-refractivity contribution >= 4 is 11.4 Å². The Labute approximate surface area is 111 Å². The van der Waals surface area contributed by atoms with Gasteiger partial charge in [-0.15, -0.1) is 0 Å². The molecule has 0 aliphatic carbocycles. The zero-order chi connectivity index (χ0) is 13.8. The Kier molecular flexibility index (Phi) is 4.12. The van der Waals surface area contributed by atoms with Crippen LogP contribution in [-0.4, -0.2) is 6.54 Å². The summed E-state index contributed by atoms with van der Waals surface area (Å²) in [6.45, 7) is 2.58. The summed E-state index contributed by atoms with van der Waals surface area (Å²) in [5.74, 6) is -0.692. The molecule has 0 aliphatic heterocycles. The van der Waals surface area contributed by atoms with Crippen LogP contribution in [0.2, 0.25) is 0 Å². The Bertz CT molecular complexity index is 570. The molecule has 100 valence electrons. The van der Waals surface area contributed by atoms with Gasteiger partial charge in [0.1, 0.15) is 11.6 Å². The number of halogens is 2. The fourth-order valence-electron chi connectivity index (χ4n) is 2.03. The van der Waals surface area contributed by atoms with Gasteiger partial charge < -0.3 is 10.6 Å². The van der Waals surface area contributed by atoms with Gasteiger partial charge in [0.2, 0.25) is 0 Å². The number of nitrogens with zero attached hydrogens (tertiary/aromatic N) is 1. The van der Waals surface area contributed by atoms with E-state index in [2.05, 4.69) is 0 Å². The lowest BCUT2D eigenvalue weighted by Crippen LogP contribution is -2.17. The van der Waals surface area contributed by atoms with Crippen molar-refractivity contribution in [2.24, 2.45) is 5.73 Å². The van der Waals surface area contributed by atoms with Gasteiger partial charge in [0, 0.05) is 24.3 Å². The summed E-state index contributed by atoms with van der Waals surface area (Å²) in [5.41, 5.74) is 6.93. The number of hydrogen-bond acceptors (Lipinski definition) is 2. The van der Waals surface area contributed by atoms with Crippen molar-refractivity contribution in [1.82, 2.24) is 0 Å². The molecule has 0 spiro atoms. The molecule has 0 saturated carbocycles. The lowest BCUT2D eigenvalue weighted by atomic mass is 10.1. The van der Waals surface area contributed by atoms with Crippen molar-refractivity contribution in [2.75, 3.05) is 11.4 Å². The second-order valence-electron chi connectivity index (χ2n) is 4.18. The van der Waals surface area contributed by atoms with Crippen molar-refractivity contribution in [2.45, 2.75) is 13.5 Å². The second kappa shape index (κ2) is 5.80. The van der Waals surface area contributed by atoms with E-state index in [0.717, 1.165) is 0 Å². The molecule has 19 heavy (non-hydrogen) atoms. The van der Waals surface area contributed by atoms with Gasteiger partial charge in [-0.2, -0.15) is 0 Å². The number of hydrogen-bond donors (Lipinski definition) is 1. The van der Waals surface area contributed by atoms with Gasteiger partial charge >= 0.3 is 0 Å². The molecule has 0 fully saturated rings. The zero-order valence-electron chi connectivity index (χ0n) is 10.7. The zero-order valence-corrected chi connectivity index (χ0v) is 10.7. The molecule has 0 heterocycles. The van der Waals surface area contributed by atoms with Crippen LogP contribution in [0.25, 0.3) is 0 Å². The molecular formula is C15H16F2N2. The van der Waals surface area contributed by atoms with Gasteiger partial charge in [-0.3, -0.25) is 0 Å². The maximum atomic E-state index is 13.8. The average molecular weight is 262 g/mol. The highest BCUT2D eigenvalue weighted by Crippen LogP contribution is 2.28. The molecule has 0 saturated heterocycles. The van der Waals surface area contributed by atoms with Gasteiger partial charge in [0.15, 0.2) is 0 Å². The van der Waals surface area contributed by atoms with Crippen LogP contribution < -0.4 is 10.6 Å².